The third-order valence-electron chi connectivity index (χ3n) is 4.99. The zero-order chi connectivity index (χ0) is 18.4. The van der Waals surface area contributed by atoms with Gasteiger partial charge in [-0.05, 0) is 23.4 Å². The van der Waals surface area contributed by atoms with Crippen molar-refractivity contribution in [1.82, 2.24) is 10.2 Å². The largest absolute Gasteiger partial charge is 0.496 e. The number of rotatable bonds is 7. The van der Waals surface area contributed by atoms with Crippen molar-refractivity contribution >= 4 is 16.7 Å². The highest BCUT2D eigenvalue weighted by molar-refractivity contribution is 5.94. The summed E-state index contributed by atoms with van der Waals surface area (Å²) < 4.78 is 10.8. The van der Waals surface area contributed by atoms with Gasteiger partial charge in [-0.1, -0.05) is 37.3 Å². The van der Waals surface area contributed by atoms with Gasteiger partial charge in [0.25, 0.3) is 0 Å². The third-order valence-corrected chi connectivity index (χ3v) is 4.99. The van der Waals surface area contributed by atoms with Crippen LogP contribution in [0.15, 0.2) is 36.4 Å². The molecular weight excluding hydrogens is 328 g/mol. The molecule has 0 unspecified atom stereocenters. The van der Waals surface area contributed by atoms with Crippen LogP contribution in [-0.2, 0) is 16.0 Å². The van der Waals surface area contributed by atoms with Crippen LogP contribution in [0, 0.1) is 0 Å². The van der Waals surface area contributed by atoms with Gasteiger partial charge >= 0.3 is 0 Å². The van der Waals surface area contributed by atoms with Gasteiger partial charge in [0.05, 0.1) is 26.7 Å². The van der Waals surface area contributed by atoms with E-state index < -0.39 is 0 Å². The molecule has 1 saturated heterocycles. The maximum atomic E-state index is 12.6. The summed E-state index contributed by atoms with van der Waals surface area (Å²) in [5.41, 5.74) is 1.03. The average Bonchev–Trinajstić information content (AvgIpc) is 2.68. The summed E-state index contributed by atoms with van der Waals surface area (Å²) in [5, 5.41) is 5.32. The normalized spacial score (nSPS) is 16.4. The van der Waals surface area contributed by atoms with E-state index in [4.69, 9.17) is 9.47 Å². The molecule has 5 nitrogen and oxygen atoms in total. The van der Waals surface area contributed by atoms with Crippen molar-refractivity contribution in [3.8, 4) is 5.75 Å². The standard InChI is InChI=1S/C21H28N2O3/c1-3-17(15-23-10-12-26-13-11-23)22-21(24)14-16-8-9-20(25-2)19-7-5-4-6-18(16)19/h4-9,17H,3,10-15H2,1-2H3,(H,22,24)/t17-/m0/s1. The number of carbonyl (C=O) groups is 1. The van der Waals surface area contributed by atoms with E-state index in [9.17, 15) is 4.79 Å². The molecule has 1 heterocycles. The lowest BCUT2D eigenvalue weighted by Gasteiger charge is -2.30. The summed E-state index contributed by atoms with van der Waals surface area (Å²) in [5.74, 6) is 0.906. The van der Waals surface area contributed by atoms with E-state index in [1.165, 1.54) is 0 Å². The van der Waals surface area contributed by atoms with Crippen molar-refractivity contribution in [3.05, 3.63) is 42.0 Å². The molecule has 1 atom stereocenters. The number of fused-ring (bicyclic) bond motifs is 1. The van der Waals surface area contributed by atoms with Crippen LogP contribution < -0.4 is 10.1 Å². The summed E-state index contributed by atoms with van der Waals surface area (Å²) >= 11 is 0. The molecule has 5 heteroatoms. The molecule has 0 aromatic heterocycles. The van der Waals surface area contributed by atoms with Gasteiger partial charge in [0.1, 0.15) is 5.75 Å². The molecule has 1 N–H and O–H groups in total. The highest BCUT2D eigenvalue weighted by Gasteiger charge is 2.18. The fraction of sp³-hybridized carbons (Fsp3) is 0.476. The second-order valence-corrected chi connectivity index (χ2v) is 6.73. The topological polar surface area (TPSA) is 50.8 Å². The van der Waals surface area contributed by atoms with Crippen LogP contribution in [0.25, 0.3) is 10.8 Å². The molecule has 2 aromatic rings. The van der Waals surface area contributed by atoms with Gasteiger partial charge < -0.3 is 14.8 Å². The van der Waals surface area contributed by atoms with Gasteiger partial charge in [-0.2, -0.15) is 0 Å². The van der Waals surface area contributed by atoms with Crippen molar-refractivity contribution in [2.45, 2.75) is 25.8 Å². The number of carbonyl (C=O) groups excluding carboxylic acids is 1. The van der Waals surface area contributed by atoms with Gasteiger partial charge in [0, 0.05) is 31.1 Å². The van der Waals surface area contributed by atoms with Gasteiger partial charge in [-0.15, -0.1) is 0 Å². The summed E-state index contributed by atoms with van der Waals surface area (Å²) in [6, 6.07) is 12.2. The van der Waals surface area contributed by atoms with E-state index in [1.54, 1.807) is 7.11 Å². The van der Waals surface area contributed by atoms with Crippen LogP contribution in [0.1, 0.15) is 18.9 Å². The second-order valence-electron chi connectivity index (χ2n) is 6.73. The monoisotopic (exact) mass is 356 g/mol. The van der Waals surface area contributed by atoms with Crippen molar-refractivity contribution in [3.63, 3.8) is 0 Å². The fourth-order valence-electron chi connectivity index (χ4n) is 3.49. The van der Waals surface area contributed by atoms with E-state index in [2.05, 4.69) is 17.1 Å². The van der Waals surface area contributed by atoms with Crippen LogP contribution in [0.4, 0.5) is 0 Å². The minimum absolute atomic E-state index is 0.0698. The lowest BCUT2D eigenvalue weighted by molar-refractivity contribution is -0.121. The maximum Gasteiger partial charge on any atom is 0.224 e. The quantitative estimate of drug-likeness (QED) is 0.829. The second kappa shape index (κ2) is 9.01. The molecule has 1 aliphatic rings. The van der Waals surface area contributed by atoms with Crippen molar-refractivity contribution in [1.29, 1.82) is 0 Å². The molecule has 1 fully saturated rings. The molecule has 0 bridgehead atoms. The van der Waals surface area contributed by atoms with Crippen LogP contribution in [-0.4, -0.2) is 56.8 Å². The first kappa shape index (κ1) is 18.7. The van der Waals surface area contributed by atoms with E-state index in [0.717, 1.165) is 61.4 Å². The molecule has 0 aliphatic carbocycles. The average molecular weight is 356 g/mol. The summed E-state index contributed by atoms with van der Waals surface area (Å²) in [6.45, 7) is 6.44. The Morgan fingerprint density at radius 1 is 1.19 bits per heavy atom. The maximum absolute atomic E-state index is 12.6. The zero-order valence-corrected chi connectivity index (χ0v) is 15.7. The number of nitrogens with one attached hydrogen (secondary N) is 1. The summed E-state index contributed by atoms with van der Waals surface area (Å²) in [6.07, 6.45) is 1.30. The number of nitrogens with zero attached hydrogens (tertiary/aromatic N) is 1. The number of benzene rings is 2. The molecule has 2 aromatic carbocycles. The summed E-state index contributed by atoms with van der Waals surface area (Å²) in [4.78, 5) is 15.0. The fourth-order valence-corrected chi connectivity index (χ4v) is 3.49. The molecule has 1 aliphatic heterocycles. The predicted octanol–water partition coefficient (Wildman–Crippen LogP) is 2.62. The predicted molar refractivity (Wildman–Crippen MR) is 104 cm³/mol. The molecule has 0 saturated carbocycles. The van der Waals surface area contributed by atoms with Crippen LogP contribution in [0.3, 0.4) is 0 Å². The van der Waals surface area contributed by atoms with Gasteiger partial charge in [0.15, 0.2) is 0 Å². The molecule has 3 rings (SSSR count). The number of hydrogen-bond acceptors (Lipinski definition) is 4. The Morgan fingerprint density at radius 3 is 2.62 bits per heavy atom. The Bertz CT molecular complexity index is 741. The highest BCUT2D eigenvalue weighted by Crippen LogP contribution is 2.28. The van der Waals surface area contributed by atoms with E-state index in [-0.39, 0.29) is 11.9 Å². The van der Waals surface area contributed by atoms with E-state index in [1.807, 2.05) is 36.4 Å². The van der Waals surface area contributed by atoms with Gasteiger partial charge in [0.2, 0.25) is 5.91 Å². The lowest BCUT2D eigenvalue weighted by atomic mass is 10.0. The van der Waals surface area contributed by atoms with Gasteiger partial charge in [-0.25, -0.2) is 0 Å². The SMILES string of the molecule is CC[C@@H](CN1CCOCC1)NC(=O)Cc1ccc(OC)c2ccccc12. The zero-order valence-electron chi connectivity index (χ0n) is 15.7. The molecule has 1 amide bonds. The Balaban J connectivity index is 1.66. The van der Waals surface area contributed by atoms with Gasteiger partial charge in [-0.3, -0.25) is 9.69 Å². The smallest absolute Gasteiger partial charge is 0.224 e. The Hall–Kier alpha value is -2.11. The Labute approximate surface area is 155 Å². The minimum Gasteiger partial charge on any atom is -0.496 e. The van der Waals surface area contributed by atoms with Crippen LogP contribution >= 0.6 is 0 Å². The molecule has 26 heavy (non-hydrogen) atoms. The first-order chi connectivity index (χ1) is 12.7. The third kappa shape index (κ3) is 4.54. The van der Waals surface area contributed by atoms with E-state index in [0.29, 0.717) is 6.42 Å². The Kier molecular flexibility index (Phi) is 6.47. The number of hydrogen-bond donors (Lipinski definition) is 1. The molecular formula is C21H28N2O3. The Morgan fingerprint density at radius 2 is 1.92 bits per heavy atom. The number of methoxy groups -OCH3 is 1. The first-order valence-electron chi connectivity index (χ1n) is 9.35. The van der Waals surface area contributed by atoms with Crippen molar-refractivity contribution in [2.75, 3.05) is 40.0 Å². The van der Waals surface area contributed by atoms with Crippen molar-refractivity contribution < 1.29 is 14.3 Å². The number of ether oxygens (including phenoxy) is 2. The molecule has 0 radical (unpaired) electrons. The van der Waals surface area contributed by atoms with E-state index >= 15 is 0 Å². The number of amides is 1. The highest BCUT2D eigenvalue weighted by atomic mass is 16.5. The minimum atomic E-state index is 0.0698. The van der Waals surface area contributed by atoms with Crippen molar-refractivity contribution in [2.24, 2.45) is 0 Å². The van der Waals surface area contributed by atoms with Crippen LogP contribution in [0.5, 0.6) is 5.75 Å². The van der Waals surface area contributed by atoms with Crippen LogP contribution in [0.2, 0.25) is 0 Å². The lowest BCUT2D eigenvalue weighted by Crippen LogP contribution is -2.47. The first-order valence-corrected chi connectivity index (χ1v) is 9.35. The molecule has 0 spiro atoms. The number of morpholine rings is 1. The summed E-state index contributed by atoms with van der Waals surface area (Å²) in [7, 11) is 1.67. The molecule has 140 valence electrons.